The molecule has 1 atom stereocenters. The minimum atomic E-state index is -0.511. The molecule has 0 saturated carbocycles. The molecule has 0 aliphatic carbocycles. The highest BCUT2D eigenvalue weighted by atomic mass is 16.5. The van der Waals surface area contributed by atoms with Gasteiger partial charge in [0.1, 0.15) is 18.5 Å². The Balaban J connectivity index is 1.60. The van der Waals surface area contributed by atoms with Gasteiger partial charge in [-0.15, -0.1) is 0 Å². The number of aromatic nitrogens is 1. The Labute approximate surface area is 125 Å². The van der Waals surface area contributed by atoms with Crippen LogP contribution in [0.1, 0.15) is 11.1 Å². The molecule has 21 heavy (non-hydrogen) atoms. The van der Waals surface area contributed by atoms with Gasteiger partial charge < -0.3 is 15.2 Å². The molecular weight excluding hydrogens is 264 g/mol. The number of benzene rings is 1. The lowest BCUT2D eigenvalue weighted by Gasteiger charge is -2.13. The minimum absolute atomic E-state index is 0.297. The van der Waals surface area contributed by atoms with Crippen molar-refractivity contribution in [1.29, 1.82) is 0 Å². The number of pyridine rings is 1. The van der Waals surface area contributed by atoms with E-state index in [-0.39, 0.29) is 0 Å². The van der Waals surface area contributed by atoms with Crippen molar-refractivity contribution in [2.75, 3.05) is 19.7 Å². The highest BCUT2D eigenvalue weighted by Crippen LogP contribution is 2.12. The molecule has 0 fully saturated rings. The summed E-state index contributed by atoms with van der Waals surface area (Å²) in [5.74, 6) is 0.797. The van der Waals surface area contributed by atoms with E-state index in [0.29, 0.717) is 13.2 Å². The van der Waals surface area contributed by atoms with Crippen LogP contribution in [0.25, 0.3) is 0 Å². The maximum atomic E-state index is 9.88. The molecule has 1 unspecified atom stereocenters. The van der Waals surface area contributed by atoms with Crippen molar-refractivity contribution in [2.24, 2.45) is 0 Å². The summed E-state index contributed by atoms with van der Waals surface area (Å²) in [5.41, 5.74) is 2.39. The van der Waals surface area contributed by atoms with E-state index in [1.54, 1.807) is 12.4 Å². The fraction of sp³-hybridized carbons (Fsp3) is 0.353. The van der Waals surface area contributed by atoms with Gasteiger partial charge in [0.25, 0.3) is 0 Å². The van der Waals surface area contributed by atoms with E-state index < -0.39 is 6.10 Å². The van der Waals surface area contributed by atoms with Crippen LogP contribution in [0.4, 0.5) is 0 Å². The fourth-order valence-corrected chi connectivity index (χ4v) is 2.01. The summed E-state index contributed by atoms with van der Waals surface area (Å²) in [7, 11) is 0. The maximum Gasteiger partial charge on any atom is 0.119 e. The van der Waals surface area contributed by atoms with Crippen LogP contribution in [-0.4, -0.2) is 35.9 Å². The third kappa shape index (κ3) is 5.94. The van der Waals surface area contributed by atoms with Crippen molar-refractivity contribution < 1.29 is 9.84 Å². The van der Waals surface area contributed by atoms with Crippen LogP contribution in [0.2, 0.25) is 0 Å². The summed E-state index contributed by atoms with van der Waals surface area (Å²) in [4.78, 5) is 3.98. The zero-order chi connectivity index (χ0) is 14.9. The van der Waals surface area contributed by atoms with Gasteiger partial charge in [-0.3, -0.25) is 4.98 Å². The summed E-state index contributed by atoms with van der Waals surface area (Å²) in [6.07, 6.45) is 4.00. The summed E-state index contributed by atoms with van der Waals surface area (Å²) < 4.78 is 5.57. The van der Waals surface area contributed by atoms with Crippen molar-refractivity contribution in [1.82, 2.24) is 10.3 Å². The average Bonchev–Trinajstić information content (AvgIpc) is 2.51. The predicted molar refractivity (Wildman–Crippen MR) is 83.5 cm³/mol. The standard InChI is InChI=1S/C17H22N2O2/c1-14-3-2-4-17(11-14)21-13-16(20)12-19-10-7-15-5-8-18-9-6-15/h2-6,8-9,11,16,19-20H,7,10,12-13H2,1H3. The Kier molecular flexibility index (Phi) is 6.19. The quantitative estimate of drug-likeness (QED) is 0.728. The molecule has 0 radical (unpaired) electrons. The van der Waals surface area contributed by atoms with E-state index in [4.69, 9.17) is 4.74 Å². The molecule has 112 valence electrons. The second-order valence-electron chi connectivity index (χ2n) is 5.09. The van der Waals surface area contributed by atoms with Gasteiger partial charge in [0.2, 0.25) is 0 Å². The van der Waals surface area contributed by atoms with Crippen molar-refractivity contribution >= 4 is 0 Å². The Hall–Kier alpha value is -1.91. The van der Waals surface area contributed by atoms with Gasteiger partial charge >= 0.3 is 0 Å². The smallest absolute Gasteiger partial charge is 0.119 e. The van der Waals surface area contributed by atoms with Crippen LogP contribution in [-0.2, 0) is 6.42 Å². The number of nitrogens with one attached hydrogen (secondary N) is 1. The fourth-order valence-electron chi connectivity index (χ4n) is 2.01. The monoisotopic (exact) mass is 286 g/mol. The van der Waals surface area contributed by atoms with Gasteiger partial charge in [-0.1, -0.05) is 12.1 Å². The molecule has 2 N–H and O–H groups in total. The Morgan fingerprint density at radius 3 is 2.81 bits per heavy atom. The zero-order valence-corrected chi connectivity index (χ0v) is 12.3. The lowest BCUT2D eigenvalue weighted by Crippen LogP contribution is -2.32. The Morgan fingerprint density at radius 2 is 2.05 bits per heavy atom. The topological polar surface area (TPSA) is 54.4 Å². The van der Waals surface area contributed by atoms with Crippen molar-refractivity contribution in [3.05, 3.63) is 59.9 Å². The van der Waals surface area contributed by atoms with Crippen LogP contribution >= 0.6 is 0 Å². The van der Waals surface area contributed by atoms with E-state index in [9.17, 15) is 5.11 Å². The Bertz CT molecular complexity index is 531. The van der Waals surface area contributed by atoms with E-state index in [1.807, 2.05) is 43.3 Å². The van der Waals surface area contributed by atoms with Crippen molar-refractivity contribution in [3.8, 4) is 5.75 Å². The number of nitrogens with zero attached hydrogens (tertiary/aromatic N) is 1. The highest BCUT2D eigenvalue weighted by molar-refractivity contribution is 5.27. The van der Waals surface area contributed by atoms with Gasteiger partial charge in [-0.25, -0.2) is 0 Å². The number of ether oxygens (including phenoxy) is 1. The molecule has 2 aromatic rings. The average molecular weight is 286 g/mol. The van der Waals surface area contributed by atoms with Crippen LogP contribution in [0.3, 0.4) is 0 Å². The van der Waals surface area contributed by atoms with E-state index in [1.165, 1.54) is 5.56 Å². The maximum absolute atomic E-state index is 9.88. The van der Waals surface area contributed by atoms with Crippen LogP contribution in [0.15, 0.2) is 48.8 Å². The molecule has 4 nitrogen and oxygen atoms in total. The zero-order valence-electron chi connectivity index (χ0n) is 12.3. The number of aryl methyl sites for hydroxylation is 1. The SMILES string of the molecule is Cc1cccc(OCC(O)CNCCc2ccncc2)c1. The highest BCUT2D eigenvalue weighted by Gasteiger charge is 2.05. The van der Waals surface area contributed by atoms with Gasteiger partial charge in [-0.2, -0.15) is 0 Å². The van der Waals surface area contributed by atoms with Gasteiger partial charge in [0, 0.05) is 18.9 Å². The number of aliphatic hydroxyl groups excluding tert-OH is 1. The van der Waals surface area contributed by atoms with Crippen LogP contribution in [0, 0.1) is 6.92 Å². The lowest BCUT2D eigenvalue weighted by molar-refractivity contribution is 0.106. The molecular formula is C17H22N2O2. The molecule has 2 rings (SSSR count). The third-order valence-corrected chi connectivity index (χ3v) is 3.15. The number of rotatable bonds is 8. The van der Waals surface area contributed by atoms with Crippen LogP contribution in [0.5, 0.6) is 5.75 Å². The van der Waals surface area contributed by atoms with E-state index in [2.05, 4.69) is 10.3 Å². The molecule has 1 aromatic heterocycles. The number of hydrogen-bond donors (Lipinski definition) is 2. The first kappa shape index (κ1) is 15.5. The van der Waals surface area contributed by atoms with E-state index in [0.717, 1.165) is 24.3 Å². The van der Waals surface area contributed by atoms with Gasteiger partial charge in [0.15, 0.2) is 0 Å². The van der Waals surface area contributed by atoms with Crippen LogP contribution < -0.4 is 10.1 Å². The van der Waals surface area contributed by atoms with Gasteiger partial charge in [0.05, 0.1) is 0 Å². The molecule has 1 aromatic carbocycles. The third-order valence-electron chi connectivity index (χ3n) is 3.15. The minimum Gasteiger partial charge on any atom is -0.491 e. The van der Waals surface area contributed by atoms with Gasteiger partial charge in [-0.05, 0) is 55.3 Å². The molecule has 0 amide bonds. The Morgan fingerprint density at radius 1 is 1.24 bits per heavy atom. The lowest BCUT2D eigenvalue weighted by atomic mass is 10.2. The summed E-state index contributed by atoms with van der Waals surface area (Å²) in [6, 6.07) is 11.8. The molecule has 0 aliphatic heterocycles. The molecule has 4 heteroatoms. The first-order chi connectivity index (χ1) is 10.2. The van der Waals surface area contributed by atoms with Crippen molar-refractivity contribution in [2.45, 2.75) is 19.4 Å². The second-order valence-corrected chi connectivity index (χ2v) is 5.09. The molecule has 0 saturated heterocycles. The second kappa shape index (κ2) is 8.39. The summed E-state index contributed by atoms with van der Waals surface area (Å²) >= 11 is 0. The summed E-state index contributed by atoms with van der Waals surface area (Å²) in [6.45, 7) is 3.66. The molecule has 0 bridgehead atoms. The predicted octanol–water partition coefficient (Wildman–Crippen LogP) is 1.96. The molecule has 0 spiro atoms. The summed E-state index contributed by atoms with van der Waals surface area (Å²) in [5, 5.41) is 13.1. The number of hydrogen-bond acceptors (Lipinski definition) is 4. The van der Waals surface area contributed by atoms with Crippen molar-refractivity contribution in [3.63, 3.8) is 0 Å². The molecule has 1 heterocycles. The van der Waals surface area contributed by atoms with E-state index >= 15 is 0 Å². The largest absolute Gasteiger partial charge is 0.491 e. The molecule has 0 aliphatic rings. The number of aliphatic hydroxyl groups is 1. The first-order valence-corrected chi connectivity index (χ1v) is 7.21. The first-order valence-electron chi connectivity index (χ1n) is 7.21. The normalized spacial score (nSPS) is 12.1.